The molecule has 0 aliphatic carbocycles. The molecule has 0 spiro atoms. The van der Waals surface area contributed by atoms with Crippen LogP contribution in [0.4, 0.5) is 20.3 Å². The zero-order valence-corrected chi connectivity index (χ0v) is 17.6. The van der Waals surface area contributed by atoms with Crippen LogP contribution in [0.3, 0.4) is 0 Å². The smallest absolute Gasteiger partial charge is 0.165 e. The third kappa shape index (κ3) is 3.85. The van der Waals surface area contributed by atoms with Crippen molar-refractivity contribution in [3.63, 3.8) is 0 Å². The predicted molar refractivity (Wildman–Crippen MR) is 119 cm³/mol. The Bertz CT molecular complexity index is 1330. The van der Waals surface area contributed by atoms with Gasteiger partial charge in [-0.05, 0) is 42.7 Å². The summed E-state index contributed by atoms with van der Waals surface area (Å²) in [6, 6.07) is 5.03. The number of nitrogen functional groups attached to an aromatic ring is 1. The van der Waals surface area contributed by atoms with Crippen LogP contribution in [-0.4, -0.2) is 48.4 Å². The maximum atomic E-state index is 13.9. The van der Waals surface area contributed by atoms with E-state index in [2.05, 4.69) is 19.9 Å². The molecule has 1 fully saturated rings. The van der Waals surface area contributed by atoms with Crippen LogP contribution < -0.4 is 16.4 Å². The molecule has 1 aliphatic heterocycles. The largest absolute Gasteiger partial charge is 0.382 e. The van der Waals surface area contributed by atoms with E-state index < -0.39 is 17.9 Å². The highest BCUT2D eigenvalue weighted by atomic mass is 19.2. The molecule has 2 unspecified atom stereocenters. The molecule has 33 heavy (non-hydrogen) atoms. The number of rotatable bonds is 4. The van der Waals surface area contributed by atoms with E-state index in [-0.39, 0.29) is 11.9 Å². The lowest BCUT2D eigenvalue weighted by Crippen LogP contribution is -2.52. The van der Waals surface area contributed by atoms with E-state index in [0.29, 0.717) is 41.2 Å². The van der Waals surface area contributed by atoms with Gasteiger partial charge < -0.3 is 26.0 Å². The van der Waals surface area contributed by atoms with Crippen LogP contribution in [0.2, 0.25) is 0 Å². The maximum Gasteiger partial charge on any atom is 0.165 e. The first-order valence-corrected chi connectivity index (χ1v) is 10.5. The molecule has 1 aliphatic rings. The standard InChI is InChI=1S/C22H22F2N8O/c23-14-4-3-12(6-15(14)24)17-7-13(9-31-11-30-19-20(26)28-10-29-21(19)31)18(8-27-17)32-5-1-2-16(25)22(32)33/h3-4,6-8,10-11,16,22,33H,1-2,5,9,25H2,(H2,26,28,29). The fourth-order valence-corrected chi connectivity index (χ4v) is 4.16. The zero-order chi connectivity index (χ0) is 23.1. The van der Waals surface area contributed by atoms with Gasteiger partial charge in [-0.15, -0.1) is 0 Å². The Hall–Kier alpha value is -3.70. The second kappa shape index (κ2) is 8.34. The third-order valence-electron chi connectivity index (χ3n) is 5.90. The summed E-state index contributed by atoms with van der Waals surface area (Å²) in [4.78, 5) is 18.8. The minimum Gasteiger partial charge on any atom is -0.382 e. The Balaban J connectivity index is 1.61. The van der Waals surface area contributed by atoms with Gasteiger partial charge in [0.15, 0.2) is 23.1 Å². The Labute approximate surface area is 187 Å². The molecule has 5 rings (SSSR count). The van der Waals surface area contributed by atoms with Crippen LogP contribution in [0.25, 0.3) is 22.4 Å². The van der Waals surface area contributed by atoms with E-state index in [1.807, 2.05) is 4.90 Å². The number of piperidine rings is 1. The lowest BCUT2D eigenvalue weighted by atomic mass is 10.0. The zero-order valence-electron chi connectivity index (χ0n) is 17.6. The van der Waals surface area contributed by atoms with Crippen molar-refractivity contribution in [2.75, 3.05) is 17.2 Å². The molecule has 5 N–H and O–H groups in total. The van der Waals surface area contributed by atoms with Gasteiger partial charge >= 0.3 is 0 Å². The normalized spacial score (nSPS) is 18.7. The second-order valence-corrected chi connectivity index (χ2v) is 8.04. The number of aromatic nitrogens is 5. The Morgan fingerprint density at radius 1 is 1.09 bits per heavy atom. The number of nitrogens with zero attached hydrogens (tertiary/aromatic N) is 6. The van der Waals surface area contributed by atoms with E-state index >= 15 is 0 Å². The molecule has 4 aromatic rings. The molecular formula is C22H22F2N8O. The topological polar surface area (TPSA) is 132 Å². The van der Waals surface area contributed by atoms with Gasteiger partial charge in [-0.2, -0.15) is 0 Å². The van der Waals surface area contributed by atoms with Crippen molar-refractivity contribution >= 4 is 22.7 Å². The number of benzene rings is 1. The molecule has 11 heteroatoms. The van der Waals surface area contributed by atoms with Gasteiger partial charge in [0.1, 0.15) is 18.1 Å². The quantitative estimate of drug-likeness (QED) is 0.429. The van der Waals surface area contributed by atoms with Crippen LogP contribution in [-0.2, 0) is 6.54 Å². The molecule has 2 atom stereocenters. The Kier molecular flexibility index (Phi) is 5.35. The molecule has 9 nitrogen and oxygen atoms in total. The van der Waals surface area contributed by atoms with Crippen LogP contribution >= 0.6 is 0 Å². The number of hydrogen-bond acceptors (Lipinski definition) is 8. The molecule has 3 aromatic heterocycles. The lowest BCUT2D eigenvalue weighted by molar-refractivity contribution is 0.118. The first-order chi connectivity index (χ1) is 15.9. The Morgan fingerprint density at radius 2 is 1.94 bits per heavy atom. The van der Waals surface area contributed by atoms with Gasteiger partial charge in [-0.1, -0.05) is 0 Å². The maximum absolute atomic E-state index is 13.9. The van der Waals surface area contributed by atoms with E-state index in [4.69, 9.17) is 11.5 Å². The first kappa shape index (κ1) is 21.2. The summed E-state index contributed by atoms with van der Waals surface area (Å²) in [5, 5.41) is 10.7. The van der Waals surface area contributed by atoms with Crippen LogP contribution in [0.15, 0.2) is 43.1 Å². The van der Waals surface area contributed by atoms with Crippen molar-refractivity contribution in [1.29, 1.82) is 0 Å². The van der Waals surface area contributed by atoms with Gasteiger partial charge in [0, 0.05) is 18.2 Å². The van der Waals surface area contributed by atoms with E-state index in [9.17, 15) is 13.9 Å². The molecule has 1 saturated heterocycles. The van der Waals surface area contributed by atoms with Gasteiger partial charge in [-0.3, -0.25) is 4.98 Å². The summed E-state index contributed by atoms with van der Waals surface area (Å²) in [6.07, 6.45) is 5.26. The number of halogens is 2. The van der Waals surface area contributed by atoms with Crippen LogP contribution in [0, 0.1) is 11.6 Å². The number of nitrogens with two attached hydrogens (primary N) is 2. The lowest BCUT2D eigenvalue weighted by Gasteiger charge is -2.38. The van der Waals surface area contributed by atoms with Crippen molar-refractivity contribution in [1.82, 2.24) is 24.5 Å². The highest BCUT2D eigenvalue weighted by Crippen LogP contribution is 2.31. The minimum absolute atomic E-state index is 0.272. The monoisotopic (exact) mass is 452 g/mol. The molecule has 0 radical (unpaired) electrons. The predicted octanol–water partition coefficient (Wildman–Crippen LogP) is 2.04. The summed E-state index contributed by atoms with van der Waals surface area (Å²) >= 11 is 0. The summed E-state index contributed by atoms with van der Waals surface area (Å²) < 4.78 is 29.1. The van der Waals surface area contributed by atoms with E-state index in [1.165, 1.54) is 12.4 Å². The Morgan fingerprint density at radius 3 is 2.76 bits per heavy atom. The van der Waals surface area contributed by atoms with Crippen molar-refractivity contribution in [3.05, 3.63) is 60.3 Å². The molecule has 0 saturated carbocycles. The third-order valence-corrected chi connectivity index (χ3v) is 5.90. The number of pyridine rings is 1. The average Bonchev–Trinajstić information content (AvgIpc) is 3.22. The SMILES string of the molecule is Nc1ncnc2c1ncn2Cc1cc(-c2ccc(F)c(F)c2)ncc1N1CCCC(N)C1O. The summed E-state index contributed by atoms with van der Waals surface area (Å²) in [5.74, 6) is -1.61. The van der Waals surface area contributed by atoms with Gasteiger partial charge in [-0.25, -0.2) is 23.7 Å². The van der Waals surface area contributed by atoms with E-state index in [1.54, 1.807) is 23.2 Å². The van der Waals surface area contributed by atoms with Crippen LogP contribution in [0.5, 0.6) is 0 Å². The van der Waals surface area contributed by atoms with Gasteiger partial charge in [0.05, 0.1) is 30.5 Å². The first-order valence-electron chi connectivity index (χ1n) is 10.5. The molecule has 1 aromatic carbocycles. The van der Waals surface area contributed by atoms with Crippen molar-refractivity contribution in [2.24, 2.45) is 5.73 Å². The van der Waals surface area contributed by atoms with E-state index in [0.717, 1.165) is 30.5 Å². The highest BCUT2D eigenvalue weighted by molar-refractivity contribution is 5.81. The second-order valence-electron chi connectivity index (χ2n) is 8.04. The van der Waals surface area contributed by atoms with Crippen molar-refractivity contribution in [3.8, 4) is 11.3 Å². The number of hydrogen-bond donors (Lipinski definition) is 3. The van der Waals surface area contributed by atoms with Crippen LogP contribution in [0.1, 0.15) is 18.4 Å². The average molecular weight is 452 g/mol. The number of aliphatic hydroxyl groups is 1. The fourth-order valence-electron chi connectivity index (χ4n) is 4.16. The number of fused-ring (bicyclic) bond motifs is 1. The fraction of sp³-hybridized carbons (Fsp3) is 0.273. The number of aliphatic hydroxyl groups excluding tert-OH is 1. The molecule has 0 bridgehead atoms. The summed E-state index contributed by atoms with van der Waals surface area (Å²) in [7, 11) is 0. The van der Waals surface area contributed by atoms with Gasteiger partial charge in [0.2, 0.25) is 0 Å². The molecule has 0 amide bonds. The summed E-state index contributed by atoms with van der Waals surface area (Å²) in [6.45, 7) is 0.924. The van der Waals surface area contributed by atoms with Gasteiger partial charge in [0.25, 0.3) is 0 Å². The molecule has 4 heterocycles. The minimum atomic E-state index is -0.954. The van der Waals surface area contributed by atoms with Crippen molar-refractivity contribution in [2.45, 2.75) is 31.7 Å². The molecular weight excluding hydrogens is 430 g/mol. The highest BCUT2D eigenvalue weighted by Gasteiger charge is 2.29. The number of imidazole rings is 1. The number of anilines is 2. The van der Waals surface area contributed by atoms with Crippen molar-refractivity contribution < 1.29 is 13.9 Å². The molecule has 170 valence electrons. The summed E-state index contributed by atoms with van der Waals surface area (Å²) in [5.41, 5.74) is 15.4.